The number of hydrogen-bond donors (Lipinski definition) is 1. The van der Waals surface area contributed by atoms with Crippen molar-refractivity contribution in [2.75, 3.05) is 0 Å². The molecule has 4 nitrogen and oxygen atoms in total. The highest BCUT2D eigenvalue weighted by Crippen LogP contribution is 2.23. The van der Waals surface area contributed by atoms with Gasteiger partial charge in [0.1, 0.15) is 19.0 Å². The van der Waals surface area contributed by atoms with Crippen molar-refractivity contribution in [1.82, 2.24) is 5.48 Å². The smallest absolute Gasteiger partial charge is 0.240 e. The Morgan fingerprint density at radius 1 is 1.04 bits per heavy atom. The van der Waals surface area contributed by atoms with Crippen LogP contribution in [0.5, 0.6) is 5.75 Å². The van der Waals surface area contributed by atoms with Crippen molar-refractivity contribution in [3.05, 3.63) is 64.2 Å². The molecule has 0 saturated carbocycles. The van der Waals surface area contributed by atoms with Crippen LogP contribution in [0.4, 0.5) is 0 Å². The third kappa shape index (κ3) is 4.83. The molecule has 2 rings (SSSR count). The fourth-order valence-electron chi connectivity index (χ4n) is 2.33. The maximum absolute atomic E-state index is 10.9. The third-order valence-corrected chi connectivity index (χ3v) is 3.67. The standard InChI is InChI=1S/C19H23NO3/c1-13-8-9-15(3)19(10-13)22-12-18-14(2)6-5-7-17(18)11-23-20-16(4)21/h5-10H,11-12H2,1-4H3,(H,20,21). The number of hydrogen-bond acceptors (Lipinski definition) is 3. The van der Waals surface area contributed by atoms with E-state index in [1.807, 2.05) is 45.0 Å². The van der Waals surface area contributed by atoms with Gasteiger partial charge in [-0.3, -0.25) is 9.63 Å². The van der Waals surface area contributed by atoms with E-state index in [1.165, 1.54) is 12.5 Å². The van der Waals surface area contributed by atoms with Crippen molar-refractivity contribution >= 4 is 5.91 Å². The molecule has 0 spiro atoms. The Hall–Kier alpha value is -2.33. The molecule has 0 heterocycles. The molecule has 0 fully saturated rings. The van der Waals surface area contributed by atoms with Gasteiger partial charge in [0.15, 0.2) is 0 Å². The Morgan fingerprint density at radius 2 is 1.83 bits per heavy atom. The first kappa shape index (κ1) is 17.0. The molecule has 23 heavy (non-hydrogen) atoms. The average Bonchev–Trinajstić information content (AvgIpc) is 2.49. The van der Waals surface area contributed by atoms with Crippen LogP contribution >= 0.6 is 0 Å². The van der Waals surface area contributed by atoms with Crippen LogP contribution in [-0.4, -0.2) is 5.91 Å². The largest absolute Gasteiger partial charge is 0.489 e. The molecular weight excluding hydrogens is 290 g/mol. The van der Waals surface area contributed by atoms with Gasteiger partial charge in [0.05, 0.1) is 0 Å². The summed E-state index contributed by atoms with van der Waals surface area (Å²) in [6.45, 7) is 8.33. The van der Waals surface area contributed by atoms with Gasteiger partial charge in [-0.25, -0.2) is 5.48 Å². The molecule has 0 radical (unpaired) electrons. The molecule has 0 aromatic heterocycles. The Labute approximate surface area is 137 Å². The number of hydroxylamine groups is 1. The lowest BCUT2D eigenvalue weighted by Crippen LogP contribution is -2.20. The zero-order chi connectivity index (χ0) is 16.8. The van der Waals surface area contributed by atoms with Crippen molar-refractivity contribution in [2.24, 2.45) is 0 Å². The predicted molar refractivity (Wildman–Crippen MR) is 90.0 cm³/mol. The van der Waals surface area contributed by atoms with E-state index in [0.29, 0.717) is 13.2 Å². The van der Waals surface area contributed by atoms with Crippen LogP contribution in [0.2, 0.25) is 0 Å². The topological polar surface area (TPSA) is 47.6 Å². The zero-order valence-electron chi connectivity index (χ0n) is 14.1. The van der Waals surface area contributed by atoms with Crippen LogP contribution in [0, 0.1) is 20.8 Å². The fourth-order valence-corrected chi connectivity index (χ4v) is 2.33. The average molecular weight is 313 g/mol. The molecule has 122 valence electrons. The summed E-state index contributed by atoms with van der Waals surface area (Å²) in [5.41, 5.74) is 7.86. The van der Waals surface area contributed by atoms with E-state index < -0.39 is 0 Å². The quantitative estimate of drug-likeness (QED) is 0.826. The second-order valence-electron chi connectivity index (χ2n) is 5.72. The summed E-state index contributed by atoms with van der Waals surface area (Å²) in [4.78, 5) is 16.1. The summed E-state index contributed by atoms with van der Waals surface area (Å²) < 4.78 is 6.01. The molecule has 0 saturated heterocycles. The van der Waals surface area contributed by atoms with Gasteiger partial charge in [-0.15, -0.1) is 0 Å². The van der Waals surface area contributed by atoms with Crippen molar-refractivity contribution in [3.63, 3.8) is 0 Å². The van der Waals surface area contributed by atoms with Crippen LogP contribution in [-0.2, 0) is 22.8 Å². The summed E-state index contributed by atoms with van der Waals surface area (Å²) in [5.74, 6) is 0.674. The number of carbonyl (C=O) groups is 1. The molecule has 0 unspecified atom stereocenters. The summed E-state index contributed by atoms with van der Waals surface area (Å²) >= 11 is 0. The summed E-state index contributed by atoms with van der Waals surface area (Å²) in [5, 5.41) is 0. The van der Waals surface area contributed by atoms with E-state index in [2.05, 4.69) is 17.6 Å². The fraction of sp³-hybridized carbons (Fsp3) is 0.316. The molecule has 2 aromatic rings. The second-order valence-corrected chi connectivity index (χ2v) is 5.72. The summed E-state index contributed by atoms with van der Waals surface area (Å²) in [6, 6.07) is 12.2. The van der Waals surface area contributed by atoms with Gasteiger partial charge in [-0.1, -0.05) is 30.3 Å². The molecule has 0 aliphatic heterocycles. The zero-order valence-corrected chi connectivity index (χ0v) is 14.1. The van der Waals surface area contributed by atoms with Crippen LogP contribution in [0.25, 0.3) is 0 Å². The van der Waals surface area contributed by atoms with E-state index in [-0.39, 0.29) is 5.91 Å². The van der Waals surface area contributed by atoms with Gasteiger partial charge in [-0.05, 0) is 54.7 Å². The van der Waals surface area contributed by atoms with Crippen LogP contribution in [0.1, 0.15) is 34.7 Å². The molecule has 4 heteroatoms. The molecule has 0 aliphatic carbocycles. The van der Waals surface area contributed by atoms with Gasteiger partial charge in [-0.2, -0.15) is 0 Å². The van der Waals surface area contributed by atoms with Gasteiger partial charge >= 0.3 is 0 Å². The van der Waals surface area contributed by atoms with E-state index >= 15 is 0 Å². The number of rotatable bonds is 6. The number of nitrogens with one attached hydrogen (secondary N) is 1. The second kappa shape index (κ2) is 7.79. The highest BCUT2D eigenvalue weighted by atomic mass is 16.6. The Bertz CT molecular complexity index is 695. The van der Waals surface area contributed by atoms with Gasteiger partial charge < -0.3 is 4.74 Å². The minimum Gasteiger partial charge on any atom is -0.489 e. The van der Waals surface area contributed by atoms with E-state index in [9.17, 15) is 4.79 Å². The lowest BCUT2D eigenvalue weighted by atomic mass is 10.0. The third-order valence-electron chi connectivity index (χ3n) is 3.67. The molecule has 1 N–H and O–H groups in total. The van der Waals surface area contributed by atoms with E-state index in [4.69, 9.17) is 9.57 Å². The van der Waals surface area contributed by atoms with Crippen molar-refractivity contribution in [3.8, 4) is 5.75 Å². The molecule has 2 aromatic carbocycles. The first-order valence-electron chi connectivity index (χ1n) is 7.63. The Morgan fingerprint density at radius 3 is 2.57 bits per heavy atom. The summed E-state index contributed by atoms with van der Waals surface area (Å²) in [6.07, 6.45) is 0. The van der Waals surface area contributed by atoms with Crippen LogP contribution < -0.4 is 10.2 Å². The Balaban J connectivity index is 2.12. The van der Waals surface area contributed by atoms with Crippen LogP contribution in [0.15, 0.2) is 36.4 Å². The monoisotopic (exact) mass is 313 g/mol. The highest BCUT2D eigenvalue weighted by molar-refractivity contribution is 5.71. The maximum atomic E-state index is 10.9. The minimum absolute atomic E-state index is 0.217. The van der Waals surface area contributed by atoms with E-state index in [0.717, 1.165) is 28.0 Å². The highest BCUT2D eigenvalue weighted by Gasteiger charge is 2.09. The number of ether oxygens (including phenoxy) is 1. The molecule has 0 atom stereocenters. The number of aryl methyl sites for hydroxylation is 3. The first-order valence-corrected chi connectivity index (χ1v) is 7.63. The maximum Gasteiger partial charge on any atom is 0.240 e. The van der Waals surface area contributed by atoms with Crippen molar-refractivity contribution < 1.29 is 14.4 Å². The number of benzene rings is 2. The molecule has 0 bridgehead atoms. The Kier molecular flexibility index (Phi) is 5.77. The van der Waals surface area contributed by atoms with Crippen molar-refractivity contribution in [1.29, 1.82) is 0 Å². The predicted octanol–water partition coefficient (Wildman–Crippen LogP) is 3.76. The summed E-state index contributed by atoms with van der Waals surface area (Å²) in [7, 11) is 0. The van der Waals surface area contributed by atoms with Gasteiger partial charge in [0.25, 0.3) is 0 Å². The molecule has 1 amide bonds. The van der Waals surface area contributed by atoms with Crippen molar-refractivity contribution in [2.45, 2.75) is 40.9 Å². The lowest BCUT2D eigenvalue weighted by Gasteiger charge is -2.15. The van der Waals surface area contributed by atoms with E-state index in [1.54, 1.807) is 0 Å². The minimum atomic E-state index is -0.217. The normalized spacial score (nSPS) is 10.4. The number of carbonyl (C=O) groups excluding carboxylic acids is 1. The number of amides is 1. The molecule has 0 aliphatic rings. The van der Waals surface area contributed by atoms with Crippen LogP contribution in [0.3, 0.4) is 0 Å². The first-order chi connectivity index (χ1) is 11.0. The molecular formula is C19H23NO3. The van der Waals surface area contributed by atoms with Gasteiger partial charge in [0.2, 0.25) is 5.91 Å². The van der Waals surface area contributed by atoms with Gasteiger partial charge in [0, 0.05) is 6.92 Å². The lowest BCUT2D eigenvalue weighted by molar-refractivity contribution is -0.132. The SMILES string of the molecule is CC(=O)NOCc1cccc(C)c1COc1cc(C)ccc1C.